The average Bonchev–Trinajstić information content (AvgIpc) is 2.91. The van der Waals surface area contributed by atoms with Gasteiger partial charge in [-0.1, -0.05) is 6.07 Å². The Morgan fingerprint density at radius 3 is 2.03 bits per heavy atom. The summed E-state index contributed by atoms with van der Waals surface area (Å²) in [5, 5.41) is 3.04. The molecule has 1 amide bonds. The summed E-state index contributed by atoms with van der Waals surface area (Å²) in [6, 6.07) is 6.93. The minimum atomic E-state index is -4.03. The van der Waals surface area contributed by atoms with Gasteiger partial charge in [0.2, 0.25) is 11.7 Å². The van der Waals surface area contributed by atoms with Crippen molar-refractivity contribution in [2.75, 3.05) is 21.3 Å². The highest BCUT2D eigenvalue weighted by molar-refractivity contribution is 7.49. The molecule has 0 unspecified atom stereocenters. The van der Waals surface area contributed by atoms with Gasteiger partial charge in [0, 0.05) is 12.5 Å². The molecule has 0 fully saturated rings. The number of phosphoric ester groups is 1. The Morgan fingerprint density at radius 2 is 1.53 bits per heavy atom. The lowest BCUT2D eigenvalue weighted by Gasteiger charge is -2.31. The first kappa shape index (κ1) is 29.8. The van der Waals surface area contributed by atoms with Gasteiger partial charge in [0.25, 0.3) is 0 Å². The Morgan fingerprint density at radius 1 is 0.921 bits per heavy atom. The van der Waals surface area contributed by atoms with Crippen molar-refractivity contribution in [2.45, 2.75) is 78.6 Å². The summed E-state index contributed by atoms with van der Waals surface area (Å²) in [6.45, 7) is 12.2. The maximum Gasteiger partial charge on any atom is 0.531 e. The summed E-state index contributed by atoms with van der Waals surface area (Å²) in [6.07, 6.45) is 1.25. The number of amides is 1. The van der Waals surface area contributed by atoms with Gasteiger partial charge in [0.05, 0.1) is 38.6 Å². The minimum absolute atomic E-state index is 0.168. The lowest BCUT2D eigenvalue weighted by atomic mass is 9.93. The third-order valence-electron chi connectivity index (χ3n) is 5.65. The van der Waals surface area contributed by atoms with E-state index < -0.39 is 19.0 Å². The Labute approximate surface area is 225 Å². The monoisotopic (exact) mass is 549 g/mol. The van der Waals surface area contributed by atoms with Crippen LogP contribution >= 0.6 is 7.82 Å². The van der Waals surface area contributed by atoms with Crippen LogP contribution in [0, 0.1) is 0 Å². The Kier molecular flexibility index (Phi) is 8.76. The second-order valence-electron chi connectivity index (χ2n) is 11.2. The molecule has 0 heterocycles. The molecule has 10 heteroatoms. The predicted octanol–water partition coefficient (Wildman–Crippen LogP) is 6.62. The van der Waals surface area contributed by atoms with E-state index in [9.17, 15) is 9.36 Å². The van der Waals surface area contributed by atoms with Crippen LogP contribution in [0.2, 0.25) is 0 Å². The molecule has 1 N–H and O–H groups in total. The van der Waals surface area contributed by atoms with Crippen molar-refractivity contribution in [3.8, 4) is 34.1 Å². The van der Waals surface area contributed by atoms with E-state index in [0.717, 1.165) is 22.3 Å². The number of benzene rings is 2. The van der Waals surface area contributed by atoms with Crippen molar-refractivity contribution < 1.29 is 37.1 Å². The molecule has 0 radical (unpaired) electrons. The van der Waals surface area contributed by atoms with Crippen LogP contribution in [0.1, 0.15) is 72.1 Å². The number of carbonyl (C=O) groups excluding carboxylic acids is 1. The largest absolute Gasteiger partial charge is 0.531 e. The first-order valence-electron chi connectivity index (χ1n) is 12.5. The van der Waals surface area contributed by atoms with Gasteiger partial charge < -0.3 is 24.1 Å². The molecule has 1 atom stereocenters. The number of phosphoric acid groups is 1. The van der Waals surface area contributed by atoms with Gasteiger partial charge in [-0.05, 0) is 89.3 Å². The maximum absolute atomic E-state index is 13.8. The predicted molar refractivity (Wildman–Crippen MR) is 146 cm³/mol. The van der Waals surface area contributed by atoms with E-state index in [1.54, 1.807) is 75.0 Å². The van der Waals surface area contributed by atoms with Gasteiger partial charge in [-0.2, -0.15) is 0 Å². The zero-order valence-electron chi connectivity index (χ0n) is 24.0. The topological polar surface area (TPSA) is 102 Å². The van der Waals surface area contributed by atoms with Crippen molar-refractivity contribution in [3.63, 3.8) is 0 Å². The van der Waals surface area contributed by atoms with Crippen molar-refractivity contribution in [3.05, 3.63) is 35.4 Å². The molecule has 1 aliphatic rings. The first-order chi connectivity index (χ1) is 17.6. The summed E-state index contributed by atoms with van der Waals surface area (Å²) >= 11 is 0. The molecule has 0 saturated carbocycles. The summed E-state index contributed by atoms with van der Waals surface area (Å²) in [7, 11) is 0.685. The van der Waals surface area contributed by atoms with Gasteiger partial charge >= 0.3 is 7.82 Å². The fourth-order valence-electron chi connectivity index (χ4n) is 4.52. The lowest BCUT2D eigenvalue weighted by molar-refractivity contribution is -0.119. The average molecular weight is 550 g/mol. The second kappa shape index (κ2) is 11.2. The first-order valence-corrected chi connectivity index (χ1v) is 14.0. The molecular weight excluding hydrogens is 509 g/mol. The molecule has 1 aliphatic carbocycles. The highest BCUT2D eigenvalue weighted by Crippen LogP contribution is 2.56. The normalized spacial score (nSPS) is 15.6. The van der Waals surface area contributed by atoms with Crippen LogP contribution in [0.4, 0.5) is 0 Å². The van der Waals surface area contributed by atoms with E-state index in [1.165, 1.54) is 6.92 Å². The Bertz CT molecular complexity index is 1210. The maximum atomic E-state index is 13.8. The second-order valence-corrected chi connectivity index (χ2v) is 12.6. The summed E-state index contributed by atoms with van der Waals surface area (Å²) < 4.78 is 48.4. The standard InChI is InChI=1S/C28H40NO8P/c1-17(30)29-22-14-11-18-15-23(32-8)25(33-9)26(34-10)24(18)20-13-12-19(16-21(20)22)35-38(31,36-27(2,3)4)37-28(5,6)7/h12-13,15-16,22H,11,14H2,1-10H3,(H,29,30)/t22-/m0/s1. The molecule has 2 aromatic carbocycles. The highest BCUT2D eigenvalue weighted by atomic mass is 31.2. The number of aryl methyl sites for hydroxylation is 1. The van der Waals surface area contributed by atoms with E-state index in [-0.39, 0.29) is 11.9 Å². The van der Waals surface area contributed by atoms with Crippen LogP contribution in [0.25, 0.3) is 11.1 Å². The molecular formula is C28H40NO8P. The van der Waals surface area contributed by atoms with Crippen molar-refractivity contribution in [2.24, 2.45) is 0 Å². The fraction of sp³-hybridized carbons (Fsp3) is 0.536. The fourth-order valence-corrected chi connectivity index (χ4v) is 6.34. The zero-order chi connectivity index (χ0) is 28.5. The van der Waals surface area contributed by atoms with Gasteiger partial charge in [-0.25, -0.2) is 4.57 Å². The molecule has 3 rings (SSSR count). The molecule has 0 saturated heterocycles. The molecule has 0 bridgehead atoms. The van der Waals surface area contributed by atoms with E-state index in [4.69, 9.17) is 27.8 Å². The third-order valence-corrected chi connectivity index (χ3v) is 7.62. The van der Waals surface area contributed by atoms with E-state index in [0.29, 0.717) is 35.8 Å². The van der Waals surface area contributed by atoms with Crippen molar-refractivity contribution in [1.82, 2.24) is 5.32 Å². The van der Waals surface area contributed by atoms with Gasteiger partial charge in [-0.15, -0.1) is 0 Å². The van der Waals surface area contributed by atoms with E-state index in [1.807, 2.05) is 12.1 Å². The number of nitrogens with one attached hydrogen (secondary N) is 1. The number of methoxy groups -OCH3 is 3. The molecule has 2 aromatic rings. The molecule has 9 nitrogen and oxygen atoms in total. The smallest absolute Gasteiger partial charge is 0.493 e. The summed E-state index contributed by atoms with van der Waals surface area (Å²) in [5.74, 6) is 1.68. The van der Waals surface area contributed by atoms with E-state index in [2.05, 4.69) is 5.32 Å². The molecule has 210 valence electrons. The van der Waals surface area contributed by atoms with Crippen molar-refractivity contribution >= 4 is 13.7 Å². The number of fused-ring (bicyclic) bond motifs is 3. The number of hydrogen-bond acceptors (Lipinski definition) is 8. The van der Waals surface area contributed by atoms with Crippen LogP contribution in [-0.2, 0) is 24.8 Å². The van der Waals surface area contributed by atoms with Crippen molar-refractivity contribution in [1.29, 1.82) is 0 Å². The lowest BCUT2D eigenvalue weighted by Crippen LogP contribution is -2.26. The van der Waals surface area contributed by atoms with Gasteiger partial charge in [0.1, 0.15) is 5.75 Å². The summed E-state index contributed by atoms with van der Waals surface area (Å²) in [5.41, 5.74) is 1.85. The van der Waals surface area contributed by atoms with Gasteiger partial charge in [-0.3, -0.25) is 13.8 Å². The SMILES string of the molecule is COc1cc2c(c(OC)c1OC)-c1ccc(OP(=O)(OC(C)(C)C)OC(C)(C)C)cc1[C@@H](NC(C)=O)CC2. The Balaban J connectivity index is 2.21. The van der Waals surface area contributed by atoms with E-state index >= 15 is 0 Å². The molecule has 38 heavy (non-hydrogen) atoms. The molecule has 0 aromatic heterocycles. The Hall–Kier alpha value is -2.74. The van der Waals surface area contributed by atoms with Crippen LogP contribution in [0.15, 0.2) is 24.3 Å². The third kappa shape index (κ3) is 7.01. The number of ether oxygens (including phenoxy) is 3. The van der Waals surface area contributed by atoms with Crippen LogP contribution in [-0.4, -0.2) is 38.4 Å². The number of carbonyl (C=O) groups is 1. The zero-order valence-corrected chi connectivity index (χ0v) is 24.9. The minimum Gasteiger partial charge on any atom is -0.493 e. The van der Waals surface area contributed by atoms with Crippen LogP contribution in [0.5, 0.6) is 23.0 Å². The number of rotatable bonds is 8. The highest BCUT2D eigenvalue weighted by Gasteiger charge is 2.39. The van der Waals surface area contributed by atoms with Crippen LogP contribution in [0.3, 0.4) is 0 Å². The number of hydrogen-bond donors (Lipinski definition) is 1. The van der Waals surface area contributed by atoms with Gasteiger partial charge in [0.15, 0.2) is 11.5 Å². The molecule has 0 aliphatic heterocycles. The summed E-state index contributed by atoms with van der Waals surface area (Å²) in [4.78, 5) is 12.2. The molecule has 0 spiro atoms. The quantitative estimate of drug-likeness (QED) is 0.367. The van der Waals surface area contributed by atoms with Crippen LogP contribution < -0.4 is 24.1 Å².